The first-order valence-corrected chi connectivity index (χ1v) is 22.8. The van der Waals surface area contributed by atoms with Crippen molar-refractivity contribution in [1.82, 2.24) is 4.98 Å². The average molecular weight is 544 g/mol. The normalized spacial score (nSPS) is 19.1. The van der Waals surface area contributed by atoms with E-state index >= 15 is 0 Å². The fraction of sp³-hybridized carbons (Fsp3) is 0.250. The average Bonchev–Trinajstić information content (AvgIpc) is 3.34. The molecule has 0 aromatic heterocycles. The molecule has 0 amide bonds. The molecule has 0 spiro atoms. The second-order valence-corrected chi connectivity index (χ2v) is 28.8. The SMILES string of the molecule is O=c1ccc2nc3ccc([O-])c([As]4SCCS4)c3oc-2c1[As]1SCCS1. The molecule has 2 fully saturated rings. The molecular formula is C16H12As2NO3S4-. The van der Waals surface area contributed by atoms with Crippen LogP contribution in [0.25, 0.3) is 22.6 Å². The van der Waals surface area contributed by atoms with E-state index in [1.807, 2.05) is 40.1 Å². The second kappa shape index (κ2) is 7.53. The molecule has 0 unspecified atom stereocenters. The second-order valence-electron chi connectivity index (χ2n) is 5.58. The molecule has 3 heterocycles. The minimum absolute atomic E-state index is 0.0617. The van der Waals surface area contributed by atoms with Gasteiger partial charge in [0.1, 0.15) is 0 Å². The standard InChI is InChI=1S/C16H13As2NO3S4/c20-11-3-1-9-15(13(11)17-23-5-6-24-17)22-16-10(19-9)2-4-12(21)14(16)18-25-7-8-26-18/h1-4,20H,5-8H2/p-1. The molecule has 2 saturated heterocycles. The Morgan fingerprint density at radius 2 is 1.58 bits per heavy atom. The van der Waals surface area contributed by atoms with Gasteiger partial charge in [-0.3, -0.25) is 0 Å². The van der Waals surface area contributed by atoms with Crippen molar-refractivity contribution < 1.29 is 9.52 Å². The van der Waals surface area contributed by atoms with Crippen LogP contribution < -0.4 is 19.2 Å². The van der Waals surface area contributed by atoms with Gasteiger partial charge in [-0.2, -0.15) is 0 Å². The molecule has 0 N–H and O–H groups in total. The molecule has 4 nitrogen and oxygen atoms in total. The van der Waals surface area contributed by atoms with Crippen molar-refractivity contribution in [2.24, 2.45) is 0 Å². The Kier molecular flexibility index (Phi) is 5.27. The van der Waals surface area contributed by atoms with Gasteiger partial charge in [-0.15, -0.1) is 0 Å². The van der Waals surface area contributed by atoms with Crippen molar-refractivity contribution in [3.63, 3.8) is 0 Å². The van der Waals surface area contributed by atoms with Crippen molar-refractivity contribution in [2.75, 3.05) is 23.0 Å². The van der Waals surface area contributed by atoms with Crippen LogP contribution >= 0.6 is 40.1 Å². The fourth-order valence-corrected chi connectivity index (χ4v) is 32.4. The van der Waals surface area contributed by atoms with E-state index in [-0.39, 0.29) is 11.2 Å². The van der Waals surface area contributed by atoms with Gasteiger partial charge in [-0.25, -0.2) is 0 Å². The predicted octanol–water partition coefficient (Wildman–Crippen LogP) is 1.72. The number of aromatic nitrogens is 1. The summed E-state index contributed by atoms with van der Waals surface area (Å²) in [6, 6.07) is 6.76. The van der Waals surface area contributed by atoms with Crippen molar-refractivity contribution in [3.05, 3.63) is 34.5 Å². The van der Waals surface area contributed by atoms with Crippen LogP contribution in [0.3, 0.4) is 0 Å². The van der Waals surface area contributed by atoms with Crippen LogP contribution in [-0.4, -0.2) is 52.7 Å². The van der Waals surface area contributed by atoms with Crippen LogP contribution in [0.2, 0.25) is 0 Å². The Morgan fingerprint density at radius 3 is 2.27 bits per heavy atom. The van der Waals surface area contributed by atoms with Gasteiger partial charge in [0.15, 0.2) is 0 Å². The van der Waals surface area contributed by atoms with Gasteiger partial charge in [-0.1, -0.05) is 0 Å². The van der Waals surface area contributed by atoms with E-state index in [1.54, 1.807) is 24.3 Å². The summed E-state index contributed by atoms with van der Waals surface area (Å²) in [6.45, 7) is 0. The first-order chi connectivity index (χ1) is 12.7. The van der Waals surface area contributed by atoms with Crippen molar-refractivity contribution in [1.29, 1.82) is 0 Å². The Morgan fingerprint density at radius 1 is 0.923 bits per heavy atom. The maximum absolute atomic E-state index is 12.6. The van der Waals surface area contributed by atoms with E-state index in [1.165, 1.54) is 0 Å². The van der Waals surface area contributed by atoms with E-state index in [4.69, 9.17) is 9.40 Å². The molecule has 4 aliphatic rings. The first-order valence-electron chi connectivity index (χ1n) is 7.92. The number of rotatable bonds is 2. The van der Waals surface area contributed by atoms with Crippen LogP contribution in [0.5, 0.6) is 5.75 Å². The Labute approximate surface area is 172 Å². The Balaban J connectivity index is 1.80. The van der Waals surface area contributed by atoms with Crippen LogP contribution in [0, 0.1) is 0 Å². The van der Waals surface area contributed by atoms with Gasteiger partial charge in [-0.05, 0) is 0 Å². The molecular weight excluding hydrogens is 532 g/mol. The van der Waals surface area contributed by atoms with Crippen molar-refractivity contribution >= 4 is 84.6 Å². The molecule has 0 radical (unpaired) electrons. The van der Waals surface area contributed by atoms with Gasteiger partial charge in [0, 0.05) is 0 Å². The minimum atomic E-state index is -1.53. The summed E-state index contributed by atoms with van der Waals surface area (Å²) >= 11 is -3.06. The molecule has 0 bridgehead atoms. The van der Waals surface area contributed by atoms with Gasteiger partial charge >= 0.3 is 174 Å². The summed E-state index contributed by atoms with van der Waals surface area (Å²) in [5, 5.41) is 12.6. The number of nitrogens with zero attached hydrogens (tertiary/aromatic N) is 1. The zero-order chi connectivity index (χ0) is 17.7. The predicted molar refractivity (Wildman–Crippen MR) is 117 cm³/mol. The number of hydrogen-bond acceptors (Lipinski definition) is 8. The summed E-state index contributed by atoms with van der Waals surface area (Å²) < 4.78 is 8.03. The molecule has 5 rings (SSSR count). The van der Waals surface area contributed by atoms with Crippen LogP contribution in [0.4, 0.5) is 0 Å². The van der Waals surface area contributed by atoms with Gasteiger partial charge in [0.2, 0.25) is 0 Å². The number of benzene rings is 2. The van der Waals surface area contributed by atoms with Crippen LogP contribution in [0.15, 0.2) is 33.5 Å². The zero-order valence-electron chi connectivity index (χ0n) is 13.3. The molecule has 1 aliphatic carbocycles. The van der Waals surface area contributed by atoms with E-state index in [9.17, 15) is 9.90 Å². The maximum atomic E-state index is 12.6. The quantitative estimate of drug-likeness (QED) is 0.357. The fourth-order valence-electron chi connectivity index (χ4n) is 2.85. The molecule has 1 aromatic rings. The zero-order valence-corrected chi connectivity index (χ0v) is 20.4. The molecule has 1 aromatic carbocycles. The summed E-state index contributed by atoms with van der Waals surface area (Å²) in [6.07, 6.45) is 0. The first kappa shape index (κ1) is 18.2. The van der Waals surface area contributed by atoms with Gasteiger partial charge in [0.05, 0.1) is 0 Å². The van der Waals surface area contributed by atoms with E-state index < -0.39 is 24.7 Å². The summed E-state index contributed by atoms with van der Waals surface area (Å²) in [5.41, 5.74) is 2.15. The summed E-state index contributed by atoms with van der Waals surface area (Å²) in [7, 11) is 7.69. The summed E-state index contributed by atoms with van der Waals surface area (Å²) in [4.78, 5) is 17.4. The molecule has 0 atom stereocenters. The third-order valence-corrected chi connectivity index (χ3v) is 31.1. The number of hydrogen-bond donors (Lipinski definition) is 0. The molecule has 3 aliphatic heterocycles. The van der Waals surface area contributed by atoms with Crippen molar-refractivity contribution in [3.8, 4) is 17.2 Å². The van der Waals surface area contributed by atoms with E-state index in [2.05, 4.69) is 0 Å². The molecule has 0 saturated carbocycles. The molecule has 26 heavy (non-hydrogen) atoms. The van der Waals surface area contributed by atoms with Crippen LogP contribution in [0.1, 0.15) is 0 Å². The Bertz CT molecular complexity index is 1020. The van der Waals surface area contributed by atoms with E-state index in [0.29, 0.717) is 11.3 Å². The molecule has 134 valence electrons. The summed E-state index contributed by atoms with van der Waals surface area (Å²) in [5.74, 6) is 5.08. The van der Waals surface area contributed by atoms with E-state index in [0.717, 1.165) is 42.9 Å². The Hall–Kier alpha value is 0.157. The molecule has 10 heteroatoms. The van der Waals surface area contributed by atoms with Crippen molar-refractivity contribution in [2.45, 2.75) is 0 Å². The van der Waals surface area contributed by atoms with Gasteiger partial charge in [0.25, 0.3) is 0 Å². The topological polar surface area (TPSA) is 66.2 Å². The van der Waals surface area contributed by atoms with Crippen LogP contribution in [-0.2, 0) is 0 Å². The monoisotopic (exact) mass is 544 g/mol. The van der Waals surface area contributed by atoms with Gasteiger partial charge < -0.3 is 0 Å². The third kappa shape index (κ3) is 3.15. The third-order valence-electron chi connectivity index (χ3n) is 3.96. The number of fused-ring (bicyclic) bond motifs is 2.